The second-order valence-electron chi connectivity index (χ2n) is 6.48. The molecule has 5 nitrogen and oxygen atoms in total. The zero-order valence-electron chi connectivity index (χ0n) is 14.6. The highest BCUT2D eigenvalue weighted by Crippen LogP contribution is 2.30. The summed E-state index contributed by atoms with van der Waals surface area (Å²) in [6, 6.07) is 20.4. The standard InChI is InChI=1S/C20H25N5/c1-14(16-9-5-3-6-10-16)20(22)13-18(24-19(21)25-20)23-15(2)17-11-7-4-8-12-17/h3-15,23H,22H2,1-2H3,(H3,21,24,25). The first-order valence-corrected chi connectivity index (χ1v) is 8.48. The number of hydrogen-bond donors (Lipinski definition) is 4. The Bertz CT molecular complexity index is 769. The Morgan fingerprint density at radius 1 is 0.960 bits per heavy atom. The van der Waals surface area contributed by atoms with E-state index in [0.29, 0.717) is 5.96 Å². The number of nitrogens with one attached hydrogen (secondary N) is 2. The number of rotatable bonds is 5. The van der Waals surface area contributed by atoms with E-state index in [4.69, 9.17) is 11.5 Å². The van der Waals surface area contributed by atoms with Crippen LogP contribution in [-0.2, 0) is 0 Å². The minimum absolute atomic E-state index is 0.0156. The molecule has 25 heavy (non-hydrogen) atoms. The molecular weight excluding hydrogens is 310 g/mol. The van der Waals surface area contributed by atoms with E-state index in [-0.39, 0.29) is 12.0 Å². The lowest BCUT2D eigenvalue weighted by atomic mass is 9.87. The van der Waals surface area contributed by atoms with Crippen LogP contribution in [0, 0.1) is 0 Å². The molecule has 0 amide bonds. The Labute approximate surface area is 148 Å². The van der Waals surface area contributed by atoms with Crippen LogP contribution < -0.4 is 22.1 Å². The van der Waals surface area contributed by atoms with Gasteiger partial charge in [-0.15, -0.1) is 0 Å². The van der Waals surface area contributed by atoms with E-state index in [0.717, 1.165) is 11.4 Å². The smallest absolute Gasteiger partial charge is 0.196 e. The lowest BCUT2D eigenvalue weighted by molar-refractivity contribution is 0.445. The van der Waals surface area contributed by atoms with E-state index in [1.54, 1.807) is 0 Å². The first-order valence-electron chi connectivity index (χ1n) is 8.48. The summed E-state index contributed by atoms with van der Waals surface area (Å²) in [6.07, 6.45) is 1.92. The van der Waals surface area contributed by atoms with Gasteiger partial charge >= 0.3 is 0 Å². The Hall–Kier alpha value is -2.79. The third-order valence-corrected chi connectivity index (χ3v) is 4.62. The van der Waals surface area contributed by atoms with Crippen molar-refractivity contribution in [1.29, 1.82) is 0 Å². The molecule has 0 saturated heterocycles. The maximum absolute atomic E-state index is 6.61. The van der Waals surface area contributed by atoms with Crippen molar-refractivity contribution >= 4 is 5.96 Å². The van der Waals surface area contributed by atoms with Gasteiger partial charge in [0.05, 0.1) is 0 Å². The summed E-state index contributed by atoms with van der Waals surface area (Å²) in [6.45, 7) is 4.16. The van der Waals surface area contributed by atoms with Crippen molar-refractivity contribution in [2.75, 3.05) is 0 Å². The Morgan fingerprint density at radius 2 is 1.52 bits per heavy atom. The number of aliphatic imine (C=N–C) groups is 1. The summed E-state index contributed by atoms with van der Waals surface area (Å²) in [5, 5.41) is 6.51. The molecule has 0 aliphatic carbocycles. The fraction of sp³-hybridized carbons (Fsp3) is 0.250. The molecule has 3 atom stereocenters. The molecule has 0 bridgehead atoms. The van der Waals surface area contributed by atoms with E-state index < -0.39 is 5.66 Å². The normalized spacial score (nSPS) is 22.2. The molecular formula is C20H25N5. The summed E-state index contributed by atoms with van der Waals surface area (Å²) >= 11 is 0. The van der Waals surface area contributed by atoms with Gasteiger partial charge in [0.25, 0.3) is 0 Å². The fourth-order valence-corrected chi connectivity index (χ4v) is 3.04. The number of guanidine groups is 1. The van der Waals surface area contributed by atoms with Crippen LogP contribution in [0.25, 0.3) is 0 Å². The van der Waals surface area contributed by atoms with Crippen LogP contribution in [-0.4, -0.2) is 11.6 Å². The molecule has 5 heteroatoms. The third-order valence-electron chi connectivity index (χ3n) is 4.62. The Balaban J connectivity index is 1.83. The van der Waals surface area contributed by atoms with Gasteiger partial charge in [0.1, 0.15) is 11.5 Å². The van der Waals surface area contributed by atoms with Crippen LogP contribution in [0.2, 0.25) is 0 Å². The first-order chi connectivity index (χ1) is 12.0. The van der Waals surface area contributed by atoms with Crippen LogP contribution >= 0.6 is 0 Å². The number of hydrogen-bond acceptors (Lipinski definition) is 5. The van der Waals surface area contributed by atoms with Crippen LogP contribution in [0.4, 0.5) is 0 Å². The second kappa shape index (κ2) is 6.99. The molecule has 3 unspecified atom stereocenters. The maximum atomic E-state index is 6.61. The van der Waals surface area contributed by atoms with Crippen LogP contribution in [0.1, 0.15) is 36.9 Å². The zero-order chi connectivity index (χ0) is 17.9. The monoisotopic (exact) mass is 335 g/mol. The van der Waals surface area contributed by atoms with Crippen LogP contribution in [0.5, 0.6) is 0 Å². The van der Waals surface area contributed by atoms with E-state index in [9.17, 15) is 0 Å². The second-order valence-corrected chi connectivity index (χ2v) is 6.48. The minimum atomic E-state index is -0.907. The average Bonchev–Trinajstić information content (AvgIpc) is 2.61. The number of benzene rings is 2. The van der Waals surface area contributed by atoms with E-state index in [1.807, 2.05) is 42.5 Å². The van der Waals surface area contributed by atoms with Gasteiger partial charge in [0, 0.05) is 12.0 Å². The van der Waals surface area contributed by atoms with Crippen molar-refractivity contribution in [3.05, 3.63) is 83.7 Å². The molecule has 6 N–H and O–H groups in total. The molecule has 0 saturated carbocycles. The Morgan fingerprint density at radius 3 is 2.12 bits per heavy atom. The zero-order valence-corrected chi connectivity index (χ0v) is 14.6. The SMILES string of the molecule is CC(NC1=CC(N)(C(C)c2ccccc2)N=C(N)N1)c1ccccc1. The molecule has 0 fully saturated rings. The summed E-state index contributed by atoms with van der Waals surface area (Å²) < 4.78 is 0. The number of nitrogens with two attached hydrogens (primary N) is 2. The highest BCUT2D eigenvalue weighted by Gasteiger charge is 2.34. The van der Waals surface area contributed by atoms with Crippen molar-refractivity contribution in [2.45, 2.75) is 31.5 Å². The summed E-state index contributed by atoms with van der Waals surface area (Å²) in [5.74, 6) is 1.07. The van der Waals surface area contributed by atoms with Crippen molar-refractivity contribution in [3.8, 4) is 0 Å². The quantitative estimate of drug-likeness (QED) is 0.676. The summed E-state index contributed by atoms with van der Waals surface area (Å²) in [7, 11) is 0. The predicted molar refractivity (Wildman–Crippen MR) is 103 cm³/mol. The van der Waals surface area contributed by atoms with Gasteiger partial charge in [-0.25, -0.2) is 4.99 Å². The molecule has 0 aromatic heterocycles. The lowest BCUT2D eigenvalue weighted by Gasteiger charge is -2.34. The van der Waals surface area contributed by atoms with Gasteiger partial charge in [0.2, 0.25) is 0 Å². The molecule has 1 aliphatic heterocycles. The van der Waals surface area contributed by atoms with Gasteiger partial charge in [-0.05, 0) is 24.1 Å². The molecule has 1 heterocycles. The van der Waals surface area contributed by atoms with Crippen LogP contribution in [0.15, 0.2) is 77.6 Å². The number of nitrogens with zero attached hydrogens (tertiary/aromatic N) is 1. The minimum Gasteiger partial charge on any atom is -0.370 e. The molecule has 130 valence electrons. The molecule has 0 radical (unpaired) electrons. The van der Waals surface area contributed by atoms with Gasteiger partial charge < -0.3 is 22.1 Å². The van der Waals surface area contributed by atoms with E-state index in [2.05, 4.69) is 53.7 Å². The third kappa shape index (κ3) is 3.83. The Kier molecular flexibility index (Phi) is 4.76. The lowest BCUT2D eigenvalue weighted by Crippen LogP contribution is -2.51. The van der Waals surface area contributed by atoms with Crippen molar-refractivity contribution in [2.24, 2.45) is 16.5 Å². The molecule has 1 aliphatic rings. The summed E-state index contributed by atoms with van der Waals surface area (Å²) in [4.78, 5) is 4.47. The molecule has 2 aromatic carbocycles. The highest BCUT2D eigenvalue weighted by molar-refractivity contribution is 5.81. The predicted octanol–water partition coefficient (Wildman–Crippen LogP) is 2.56. The topological polar surface area (TPSA) is 88.5 Å². The molecule has 0 spiro atoms. The highest BCUT2D eigenvalue weighted by atomic mass is 15.3. The maximum Gasteiger partial charge on any atom is 0.196 e. The van der Waals surface area contributed by atoms with E-state index in [1.165, 1.54) is 5.56 Å². The first kappa shape index (κ1) is 17.0. The van der Waals surface area contributed by atoms with Gasteiger partial charge in [-0.1, -0.05) is 67.6 Å². The largest absolute Gasteiger partial charge is 0.370 e. The van der Waals surface area contributed by atoms with E-state index >= 15 is 0 Å². The van der Waals surface area contributed by atoms with Crippen molar-refractivity contribution in [1.82, 2.24) is 10.6 Å². The fourth-order valence-electron chi connectivity index (χ4n) is 3.04. The average molecular weight is 335 g/mol. The van der Waals surface area contributed by atoms with Crippen LogP contribution in [0.3, 0.4) is 0 Å². The van der Waals surface area contributed by atoms with Crippen molar-refractivity contribution < 1.29 is 0 Å². The van der Waals surface area contributed by atoms with Gasteiger partial charge in [-0.2, -0.15) is 0 Å². The summed E-state index contributed by atoms with van der Waals surface area (Å²) in [5.41, 5.74) is 14.0. The molecule has 3 rings (SSSR count). The van der Waals surface area contributed by atoms with Gasteiger partial charge in [-0.3, -0.25) is 0 Å². The van der Waals surface area contributed by atoms with Gasteiger partial charge in [0.15, 0.2) is 5.96 Å². The molecule has 2 aromatic rings. The van der Waals surface area contributed by atoms with Crippen molar-refractivity contribution in [3.63, 3.8) is 0 Å².